The van der Waals surface area contributed by atoms with Gasteiger partial charge in [0.15, 0.2) is 0 Å². The molecule has 0 aliphatic rings. The monoisotopic (exact) mass is 172 g/mol. The highest BCUT2D eigenvalue weighted by Crippen LogP contribution is 2.05. The second-order valence-electron chi connectivity index (χ2n) is 3.33. The van der Waals surface area contributed by atoms with Gasteiger partial charge in [-0.1, -0.05) is 0 Å². The summed E-state index contributed by atoms with van der Waals surface area (Å²) < 4.78 is 5.14. The Kier molecular flexibility index (Phi) is 4.71. The predicted octanol–water partition coefficient (Wildman–Crippen LogP) is 2.08. The fraction of sp³-hybridized carbons (Fsp3) is 0.889. The number of nitrogens with zero attached hydrogens (tertiary/aromatic N) is 1. The SMILES string of the molecule is CCOC(=N)N(C(C)C)C(C)C. The average molecular weight is 172 g/mol. The van der Waals surface area contributed by atoms with Crippen LogP contribution in [0.15, 0.2) is 0 Å². The van der Waals surface area contributed by atoms with Gasteiger partial charge in [-0.3, -0.25) is 5.41 Å². The molecule has 3 nitrogen and oxygen atoms in total. The third-order valence-electron chi connectivity index (χ3n) is 1.63. The van der Waals surface area contributed by atoms with E-state index in [-0.39, 0.29) is 6.02 Å². The van der Waals surface area contributed by atoms with Gasteiger partial charge in [-0.05, 0) is 34.6 Å². The van der Waals surface area contributed by atoms with Crippen molar-refractivity contribution < 1.29 is 4.74 Å². The maximum atomic E-state index is 7.61. The van der Waals surface area contributed by atoms with Crippen LogP contribution in [-0.2, 0) is 4.74 Å². The molecular weight excluding hydrogens is 152 g/mol. The second-order valence-corrected chi connectivity index (χ2v) is 3.33. The summed E-state index contributed by atoms with van der Waals surface area (Å²) >= 11 is 0. The first-order chi connectivity index (χ1) is 5.50. The summed E-state index contributed by atoms with van der Waals surface area (Å²) in [5, 5.41) is 7.61. The van der Waals surface area contributed by atoms with Crippen LogP contribution in [0.5, 0.6) is 0 Å². The minimum atomic E-state index is 0.280. The Morgan fingerprint density at radius 3 is 1.92 bits per heavy atom. The van der Waals surface area contributed by atoms with E-state index in [1.54, 1.807) is 0 Å². The molecule has 0 amide bonds. The maximum absolute atomic E-state index is 7.61. The summed E-state index contributed by atoms with van der Waals surface area (Å²) in [7, 11) is 0. The van der Waals surface area contributed by atoms with E-state index in [0.29, 0.717) is 18.7 Å². The van der Waals surface area contributed by atoms with Crippen LogP contribution in [0.1, 0.15) is 34.6 Å². The molecule has 0 fully saturated rings. The Balaban J connectivity index is 4.20. The Bertz CT molecular complexity index is 135. The van der Waals surface area contributed by atoms with Gasteiger partial charge in [0.05, 0.1) is 6.61 Å². The fourth-order valence-electron chi connectivity index (χ4n) is 1.28. The van der Waals surface area contributed by atoms with Crippen LogP contribution < -0.4 is 0 Å². The van der Waals surface area contributed by atoms with E-state index in [4.69, 9.17) is 10.1 Å². The third-order valence-corrected chi connectivity index (χ3v) is 1.63. The van der Waals surface area contributed by atoms with Gasteiger partial charge >= 0.3 is 0 Å². The van der Waals surface area contributed by atoms with Crippen LogP contribution in [0.4, 0.5) is 0 Å². The van der Waals surface area contributed by atoms with E-state index < -0.39 is 0 Å². The topological polar surface area (TPSA) is 36.3 Å². The van der Waals surface area contributed by atoms with Gasteiger partial charge < -0.3 is 9.64 Å². The van der Waals surface area contributed by atoms with E-state index in [9.17, 15) is 0 Å². The first-order valence-electron chi connectivity index (χ1n) is 4.50. The van der Waals surface area contributed by atoms with Crippen molar-refractivity contribution in [2.24, 2.45) is 0 Å². The fourth-order valence-corrected chi connectivity index (χ4v) is 1.28. The van der Waals surface area contributed by atoms with Crippen LogP contribution in [0.2, 0.25) is 0 Å². The normalized spacial score (nSPS) is 10.6. The Morgan fingerprint density at radius 2 is 1.67 bits per heavy atom. The van der Waals surface area contributed by atoms with Crippen LogP contribution >= 0.6 is 0 Å². The van der Waals surface area contributed by atoms with Crippen molar-refractivity contribution in [3.63, 3.8) is 0 Å². The quantitative estimate of drug-likeness (QED) is 0.522. The van der Waals surface area contributed by atoms with Crippen molar-refractivity contribution >= 4 is 6.02 Å². The highest BCUT2D eigenvalue weighted by atomic mass is 16.5. The van der Waals surface area contributed by atoms with E-state index in [1.807, 2.05) is 11.8 Å². The molecule has 0 atom stereocenters. The second kappa shape index (κ2) is 5.01. The first-order valence-corrected chi connectivity index (χ1v) is 4.50. The zero-order chi connectivity index (χ0) is 9.72. The molecule has 0 rings (SSSR count). The number of nitrogens with one attached hydrogen (secondary N) is 1. The molecule has 0 unspecified atom stereocenters. The smallest absolute Gasteiger partial charge is 0.284 e. The standard InChI is InChI=1S/C9H20N2O/c1-6-12-9(10)11(7(2)3)8(4)5/h7-8,10H,6H2,1-5H3. The highest BCUT2D eigenvalue weighted by molar-refractivity contribution is 5.70. The first kappa shape index (κ1) is 11.3. The highest BCUT2D eigenvalue weighted by Gasteiger charge is 2.17. The van der Waals surface area contributed by atoms with Crippen molar-refractivity contribution in [1.82, 2.24) is 4.90 Å². The molecule has 0 spiro atoms. The number of amidine groups is 1. The zero-order valence-electron chi connectivity index (χ0n) is 8.72. The van der Waals surface area contributed by atoms with Gasteiger partial charge in [0.2, 0.25) is 0 Å². The summed E-state index contributed by atoms with van der Waals surface area (Å²) in [6, 6.07) is 0.926. The molecule has 0 heterocycles. The molecule has 3 heteroatoms. The van der Waals surface area contributed by atoms with Gasteiger partial charge in [-0.15, -0.1) is 0 Å². The van der Waals surface area contributed by atoms with Crippen molar-refractivity contribution in [2.75, 3.05) is 6.61 Å². The minimum Gasteiger partial charge on any atom is -0.466 e. The molecule has 0 aliphatic heterocycles. The van der Waals surface area contributed by atoms with Gasteiger partial charge in [-0.25, -0.2) is 0 Å². The molecule has 12 heavy (non-hydrogen) atoms. The molecular formula is C9H20N2O. The van der Waals surface area contributed by atoms with Gasteiger partial charge in [0.25, 0.3) is 6.02 Å². The van der Waals surface area contributed by atoms with Crippen molar-refractivity contribution in [3.05, 3.63) is 0 Å². The van der Waals surface area contributed by atoms with E-state index in [0.717, 1.165) is 0 Å². The largest absolute Gasteiger partial charge is 0.466 e. The molecule has 0 bridgehead atoms. The van der Waals surface area contributed by atoms with Crippen molar-refractivity contribution in [1.29, 1.82) is 5.41 Å². The lowest BCUT2D eigenvalue weighted by molar-refractivity contribution is 0.189. The summed E-state index contributed by atoms with van der Waals surface area (Å²) in [5.74, 6) is 0. The molecule has 0 radical (unpaired) electrons. The Morgan fingerprint density at radius 1 is 1.25 bits per heavy atom. The lowest BCUT2D eigenvalue weighted by Crippen LogP contribution is -2.42. The molecule has 0 aliphatic carbocycles. The number of hydrogen-bond donors (Lipinski definition) is 1. The summed E-state index contributed by atoms with van der Waals surface area (Å²) in [6.45, 7) is 10.7. The number of hydrogen-bond acceptors (Lipinski definition) is 2. The number of rotatable bonds is 3. The molecule has 0 saturated carbocycles. The van der Waals surface area contributed by atoms with Crippen molar-refractivity contribution in [2.45, 2.75) is 46.7 Å². The van der Waals surface area contributed by atoms with Crippen LogP contribution in [0.3, 0.4) is 0 Å². The molecule has 0 saturated heterocycles. The molecule has 72 valence electrons. The van der Waals surface area contributed by atoms with Crippen molar-refractivity contribution in [3.8, 4) is 0 Å². The predicted molar refractivity (Wildman–Crippen MR) is 51.5 cm³/mol. The molecule has 1 N–H and O–H groups in total. The summed E-state index contributed by atoms with van der Waals surface area (Å²) in [6.07, 6.45) is 0. The molecule has 0 aromatic heterocycles. The van der Waals surface area contributed by atoms with E-state index >= 15 is 0 Å². The van der Waals surface area contributed by atoms with E-state index in [2.05, 4.69) is 27.7 Å². The van der Waals surface area contributed by atoms with Crippen LogP contribution in [0.25, 0.3) is 0 Å². The van der Waals surface area contributed by atoms with Crippen LogP contribution in [-0.4, -0.2) is 29.6 Å². The number of ether oxygens (including phenoxy) is 1. The van der Waals surface area contributed by atoms with E-state index in [1.165, 1.54) is 0 Å². The summed E-state index contributed by atoms with van der Waals surface area (Å²) in [4.78, 5) is 1.95. The lowest BCUT2D eigenvalue weighted by Gasteiger charge is -2.31. The van der Waals surface area contributed by atoms with Gasteiger partial charge in [0.1, 0.15) is 0 Å². The van der Waals surface area contributed by atoms with Gasteiger partial charge in [-0.2, -0.15) is 0 Å². The zero-order valence-corrected chi connectivity index (χ0v) is 8.72. The summed E-state index contributed by atoms with van der Waals surface area (Å²) in [5.41, 5.74) is 0. The maximum Gasteiger partial charge on any atom is 0.284 e. The Labute approximate surface area is 75.2 Å². The Hall–Kier alpha value is -0.730. The molecule has 0 aromatic carbocycles. The molecule has 0 aromatic rings. The lowest BCUT2D eigenvalue weighted by atomic mass is 10.2. The van der Waals surface area contributed by atoms with Gasteiger partial charge in [0, 0.05) is 12.1 Å². The average Bonchev–Trinajstić information content (AvgIpc) is 1.85. The third kappa shape index (κ3) is 3.11. The van der Waals surface area contributed by atoms with Crippen LogP contribution in [0, 0.1) is 5.41 Å². The minimum absolute atomic E-state index is 0.280.